The number of para-hydroxylation sites is 2. The minimum atomic E-state index is -1.44. The average Bonchev–Trinajstić information content (AvgIpc) is 4.16. The molecule has 16 heteroatoms. The van der Waals surface area contributed by atoms with Gasteiger partial charge in [0.15, 0.2) is 0 Å². The van der Waals surface area contributed by atoms with Gasteiger partial charge >= 0.3 is 5.97 Å². The SMILES string of the molecule is C=CC(=O)NC(CCCCNC(=O)c1ccc(-c2c3ccc(=[N+](C)C)cc-3oc3cc(N(C)C)ccc23)c(C(=O)[O-])c1)C(=O)OCCCCCCn1cc(C2=C(c3cn(C)c4ccccc34)C(=O)NC2=O)c2ccccc21. The zero-order valence-corrected chi connectivity index (χ0v) is 43.9. The largest absolute Gasteiger partial charge is 0.545 e. The van der Waals surface area contributed by atoms with Crippen molar-refractivity contribution in [2.45, 2.75) is 57.5 Å². The number of aromatic carboxylic acids is 1. The highest BCUT2D eigenvalue weighted by Gasteiger charge is 2.35. The first kappa shape index (κ1) is 52.8. The molecule has 6 aromatic rings. The van der Waals surface area contributed by atoms with Gasteiger partial charge in [0.2, 0.25) is 11.3 Å². The molecule has 4 amide bonds. The lowest BCUT2D eigenvalue weighted by Gasteiger charge is -2.20. The monoisotopic (exact) mass is 1040 g/mol. The molecular weight excluding hydrogens is 975 g/mol. The van der Waals surface area contributed by atoms with Crippen LogP contribution < -0.4 is 35.9 Å². The van der Waals surface area contributed by atoms with Gasteiger partial charge in [-0.2, -0.15) is 0 Å². The van der Waals surface area contributed by atoms with Crippen molar-refractivity contribution in [2.75, 3.05) is 46.2 Å². The molecule has 9 rings (SSSR count). The predicted molar refractivity (Wildman–Crippen MR) is 297 cm³/mol. The van der Waals surface area contributed by atoms with Crippen molar-refractivity contribution in [2.24, 2.45) is 7.05 Å². The van der Waals surface area contributed by atoms with Gasteiger partial charge in [-0.3, -0.25) is 24.5 Å². The third-order valence-corrected chi connectivity index (χ3v) is 14.2. The number of carbonyl (C=O) groups is 6. The first-order valence-electron chi connectivity index (χ1n) is 25.8. The number of aromatic nitrogens is 2. The number of rotatable bonds is 21. The first-order valence-corrected chi connectivity index (χ1v) is 25.8. The number of aryl methyl sites for hydroxylation is 2. The van der Waals surface area contributed by atoms with Crippen LogP contribution in [0, 0.1) is 0 Å². The van der Waals surface area contributed by atoms with Crippen LogP contribution in [0.25, 0.3) is 66.4 Å². The van der Waals surface area contributed by atoms with Crippen molar-refractivity contribution >= 4 is 85.2 Å². The van der Waals surface area contributed by atoms with Gasteiger partial charge in [0.05, 0.1) is 29.8 Å². The Bertz CT molecular complexity index is 3740. The number of anilines is 1. The Balaban J connectivity index is 0.778. The Morgan fingerprint density at radius 3 is 2.18 bits per heavy atom. The predicted octanol–water partition coefficient (Wildman–Crippen LogP) is 7.05. The van der Waals surface area contributed by atoms with E-state index in [2.05, 4.69) is 27.1 Å². The van der Waals surface area contributed by atoms with Gasteiger partial charge in [-0.05, 0) is 92.6 Å². The van der Waals surface area contributed by atoms with Gasteiger partial charge in [0, 0.05) is 125 Å². The summed E-state index contributed by atoms with van der Waals surface area (Å²) < 4.78 is 18.1. The number of benzene rings is 5. The number of imide groups is 1. The number of carboxylic acid groups (broad SMARTS) is 1. The number of fused-ring (bicyclic) bond motifs is 4. The number of nitrogens with zero attached hydrogens (tertiary/aromatic N) is 4. The van der Waals surface area contributed by atoms with Crippen LogP contribution in [0.15, 0.2) is 133 Å². The van der Waals surface area contributed by atoms with Crippen molar-refractivity contribution in [3.05, 3.63) is 156 Å². The molecule has 1 unspecified atom stereocenters. The number of nitrogens with one attached hydrogen (secondary N) is 3. The Labute approximate surface area is 445 Å². The lowest BCUT2D eigenvalue weighted by Crippen LogP contribution is -2.41. The Morgan fingerprint density at radius 2 is 1.47 bits per heavy atom. The molecule has 16 nitrogen and oxygen atoms in total. The summed E-state index contributed by atoms with van der Waals surface area (Å²) in [6.45, 7) is 4.55. The smallest absolute Gasteiger partial charge is 0.328 e. The number of carbonyl (C=O) groups excluding carboxylic acids is 6. The Morgan fingerprint density at radius 1 is 0.779 bits per heavy atom. The zero-order chi connectivity index (χ0) is 54.5. The second kappa shape index (κ2) is 22.8. The fourth-order valence-electron chi connectivity index (χ4n) is 10.2. The summed E-state index contributed by atoms with van der Waals surface area (Å²) in [5, 5.41) is 24.2. The molecule has 1 atom stereocenters. The summed E-state index contributed by atoms with van der Waals surface area (Å²) in [7, 11) is 9.61. The topological polar surface area (TPSA) is 200 Å². The first-order chi connectivity index (χ1) is 37.1. The van der Waals surface area contributed by atoms with E-state index < -0.39 is 41.6 Å². The van der Waals surface area contributed by atoms with Crippen LogP contribution in [0.1, 0.15) is 76.8 Å². The second-order valence-corrected chi connectivity index (χ2v) is 19.7. The minimum Gasteiger partial charge on any atom is -0.545 e. The van der Waals surface area contributed by atoms with Gasteiger partial charge in [-0.1, -0.05) is 55.5 Å². The minimum absolute atomic E-state index is 0.136. The molecule has 3 aliphatic rings. The van der Waals surface area contributed by atoms with Gasteiger partial charge in [-0.25, -0.2) is 9.37 Å². The molecular formula is C61H61N7O9. The van der Waals surface area contributed by atoms with Crippen molar-refractivity contribution in [1.29, 1.82) is 0 Å². The number of hydrogen-bond acceptors (Lipinski definition) is 10. The summed E-state index contributed by atoms with van der Waals surface area (Å²) >= 11 is 0. The van der Waals surface area contributed by atoms with E-state index in [4.69, 9.17) is 9.15 Å². The summed E-state index contributed by atoms with van der Waals surface area (Å²) in [6, 6.07) is 30.7. The summed E-state index contributed by atoms with van der Waals surface area (Å²) in [5.74, 6) is -3.29. The van der Waals surface area contributed by atoms with Crippen molar-refractivity contribution < 1.29 is 43.0 Å². The lowest BCUT2D eigenvalue weighted by molar-refractivity contribution is -0.255. The molecule has 4 aromatic carbocycles. The molecule has 0 radical (unpaired) electrons. The quantitative estimate of drug-likeness (QED) is 0.0167. The van der Waals surface area contributed by atoms with Gasteiger partial charge in [0.25, 0.3) is 17.7 Å². The van der Waals surface area contributed by atoms with E-state index >= 15 is 0 Å². The van der Waals surface area contributed by atoms with E-state index in [9.17, 15) is 33.9 Å². The van der Waals surface area contributed by atoms with Crippen LogP contribution in [-0.4, -0.2) is 92.1 Å². The van der Waals surface area contributed by atoms with E-state index in [0.717, 1.165) is 58.2 Å². The molecule has 2 aliphatic heterocycles. The summed E-state index contributed by atoms with van der Waals surface area (Å²) in [6.07, 6.45) is 9.10. The Hall–Kier alpha value is -9.05. The van der Waals surface area contributed by atoms with Crippen LogP contribution in [0.2, 0.25) is 0 Å². The number of esters is 1. The number of hydrogen-bond donors (Lipinski definition) is 3. The highest BCUT2D eigenvalue weighted by molar-refractivity contribution is 6.50. The van der Waals surface area contributed by atoms with Crippen molar-refractivity contribution in [3.63, 3.8) is 0 Å². The van der Waals surface area contributed by atoms with Crippen LogP contribution in [0.3, 0.4) is 0 Å². The fraction of sp³-hybridized carbons (Fsp3) is 0.262. The van der Waals surface area contributed by atoms with E-state index in [1.807, 2.05) is 147 Å². The summed E-state index contributed by atoms with van der Waals surface area (Å²) in [4.78, 5) is 80.7. The number of ether oxygens (including phenoxy) is 1. The number of carboxylic acids is 1. The van der Waals surface area contributed by atoms with Crippen LogP contribution in [0.4, 0.5) is 5.69 Å². The van der Waals surface area contributed by atoms with Crippen molar-refractivity contribution in [3.8, 4) is 22.5 Å². The van der Waals surface area contributed by atoms with Gasteiger partial charge in [-0.15, -0.1) is 0 Å². The average molecular weight is 1040 g/mol. The summed E-state index contributed by atoms with van der Waals surface area (Å²) in [5.41, 5.74) is 7.17. The molecule has 3 N–H and O–H groups in total. The third kappa shape index (κ3) is 11.0. The molecule has 0 spiro atoms. The van der Waals surface area contributed by atoms with Crippen LogP contribution in [0.5, 0.6) is 0 Å². The normalized spacial score (nSPS) is 12.8. The number of unbranched alkanes of at least 4 members (excludes halogenated alkanes) is 4. The molecule has 4 heterocycles. The molecule has 0 fully saturated rings. The number of amides is 4. The third-order valence-electron chi connectivity index (χ3n) is 14.2. The standard InChI is InChI=1S/C61H61N7O9/c1-7-53(69)63-48(20-14-15-29-62-57(70)37-23-26-42(45(32-37)60(73)74)54-43-27-24-38(65(2)3)33-51(43)77-52-34-39(66(4)5)25-28-44(52)54)61(75)76-31-17-9-8-16-30-68-36-47(41-19-11-13-22-50(41)68)56-55(58(71)64-59(56)72)46-35-67(6)49-21-12-10-18-40(46)49/h7,10-13,18-19,21-28,32-36,48H,1,8-9,14-17,20,29-31H2,2-6H3,(H3-,62,63,64,69,70,71,72,73,74). The molecule has 0 saturated carbocycles. The zero-order valence-electron chi connectivity index (χ0n) is 43.9. The molecule has 394 valence electrons. The van der Waals surface area contributed by atoms with E-state index in [1.54, 1.807) is 12.1 Å². The van der Waals surface area contributed by atoms with Crippen molar-refractivity contribution in [1.82, 2.24) is 29.7 Å². The molecule has 77 heavy (non-hydrogen) atoms. The molecule has 1 aliphatic carbocycles. The Kier molecular flexibility index (Phi) is 15.7. The fourth-order valence-corrected chi connectivity index (χ4v) is 10.2. The highest BCUT2D eigenvalue weighted by atomic mass is 16.5. The maximum atomic E-state index is 13.5. The highest BCUT2D eigenvalue weighted by Crippen LogP contribution is 2.43. The van der Waals surface area contributed by atoms with Crippen LogP contribution in [-0.2, 0) is 37.5 Å². The second-order valence-electron chi connectivity index (χ2n) is 19.7. The van der Waals surface area contributed by atoms with Gasteiger partial charge < -0.3 is 43.7 Å². The van der Waals surface area contributed by atoms with E-state index in [0.29, 0.717) is 81.5 Å². The maximum Gasteiger partial charge on any atom is 0.328 e. The van der Waals surface area contributed by atoms with Crippen LogP contribution >= 0.6 is 0 Å². The van der Waals surface area contributed by atoms with Gasteiger partial charge in [0.1, 0.15) is 31.5 Å². The van der Waals surface area contributed by atoms with E-state index in [1.165, 1.54) is 6.07 Å². The molecule has 2 aromatic heterocycles. The molecule has 0 bridgehead atoms. The lowest BCUT2D eigenvalue weighted by atomic mass is 9.89. The molecule has 0 saturated heterocycles. The van der Waals surface area contributed by atoms with E-state index in [-0.39, 0.29) is 30.7 Å². The maximum absolute atomic E-state index is 13.5.